The Hall–Kier alpha value is -3.66. The number of aromatic carboxylic acids is 1. The second-order valence-electron chi connectivity index (χ2n) is 4.62. The molecule has 0 radical (unpaired) electrons. The molecule has 0 atom stereocenters. The highest BCUT2D eigenvalue weighted by Crippen LogP contribution is 2.22. The van der Waals surface area contributed by atoms with Gasteiger partial charge in [0.05, 0.1) is 11.6 Å². The van der Waals surface area contributed by atoms with Gasteiger partial charge in [0.15, 0.2) is 11.4 Å². The molecule has 2 aromatic carbocycles. The highest BCUT2D eigenvalue weighted by molar-refractivity contribution is 5.84. The zero-order valence-electron chi connectivity index (χ0n) is 11.7. The molecule has 0 spiro atoms. The fourth-order valence-corrected chi connectivity index (χ4v) is 1.94. The van der Waals surface area contributed by atoms with E-state index in [1.165, 1.54) is 6.20 Å². The number of carboxylic acids is 1. The van der Waals surface area contributed by atoms with Crippen LogP contribution in [0, 0.1) is 11.3 Å². The summed E-state index contributed by atoms with van der Waals surface area (Å²) in [5, 5.41) is 24.6. The fraction of sp³-hybridized carbons (Fsp3) is 0. The van der Waals surface area contributed by atoms with Gasteiger partial charge in [-0.1, -0.05) is 29.1 Å². The van der Waals surface area contributed by atoms with Crippen molar-refractivity contribution in [2.24, 2.45) is 0 Å². The summed E-state index contributed by atoms with van der Waals surface area (Å²) in [6, 6.07) is 16.5. The Kier molecular flexibility index (Phi) is 3.72. The van der Waals surface area contributed by atoms with Crippen molar-refractivity contribution in [2.45, 2.75) is 0 Å². The van der Waals surface area contributed by atoms with Crippen molar-refractivity contribution in [3.05, 3.63) is 66.0 Å². The molecule has 1 N–H and O–H groups in total. The predicted octanol–water partition coefficient (Wildman–Crippen LogP) is 2.36. The summed E-state index contributed by atoms with van der Waals surface area (Å²) < 4.78 is 0. The maximum Gasteiger partial charge on any atom is 0.358 e. The van der Waals surface area contributed by atoms with Crippen LogP contribution in [-0.2, 0) is 0 Å². The minimum Gasteiger partial charge on any atom is -0.476 e. The summed E-state index contributed by atoms with van der Waals surface area (Å²) >= 11 is 0. The average Bonchev–Trinajstić information content (AvgIpc) is 3.04. The lowest BCUT2D eigenvalue weighted by molar-refractivity contribution is 0.0690. The molecular weight excluding hydrogens is 296 g/mol. The van der Waals surface area contributed by atoms with Crippen molar-refractivity contribution in [2.75, 3.05) is 0 Å². The highest BCUT2D eigenvalue weighted by Gasteiger charge is 2.09. The van der Waals surface area contributed by atoms with E-state index >= 15 is 0 Å². The van der Waals surface area contributed by atoms with E-state index in [0.717, 1.165) is 16.0 Å². The largest absolute Gasteiger partial charge is 0.476 e. The maximum atomic E-state index is 10.7. The summed E-state index contributed by atoms with van der Waals surface area (Å²) in [6.45, 7) is 0. The molecule has 3 rings (SSSR count). The quantitative estimate of drug-likeness (QED) is 0.794. The topological polar surface area (TPSA) is 101 Å². The molecule has 0 aliphatic rings. The zero-order valence-corrected chi connectivity index (χ0v) is 11.7. The molecule has 7 heteroatoms. The van der Waals surface area contributed by atoms with Gasteiger partial charge in [-0.25, -0.2) is 4.79 Å². The number of rotatable bonds is 4. The van der Waals surface area contributed by atoms with E-state index in [0.29, 0.717) is 11.3 Å². The van der Waals surface area contributed by atoms with Crippen LogP contribution in [0.1, 0.15) is 16.1 Å². The van der Waals surface area contributed by atoms with Gasteiger partial charge in [0.1, 0.15) is 6.20 Å². The number of carboxylic acid groups (broad SMARTS) is 1. The summed E-state index contributed by atoms with van der Waals surface area (Å²) in [4.78, 5) is 17.1. The van der Waals surface area contributed by atoms with Crippen molar-refractivity contribution < 1.29 is 14.7 Å². The molecule has 1 heterocycles. The van der Waals surface area contributed by atoms with Crippen molar-refractivity contribution in [1.82, 2.24) is 15.2 Å². The molecule has 0 aliphatic heterocycles. The number of hydrogen-bond acceptors (Lipinski definition) is 5. The Morgan fingerprint density at radius 1 is 1.09 bits per heavy atom. The summed E-state index contributed by atoms with van der Waals surface area (Å²) in [5.74, 6) is -0.680. The Labute approximate surface area is 130 Å². The molecule has 3 aromatic rings. The van der Waals surface area contributed by atoms with Crippen LogP contribution >= 0.6 is 0 Å². The van der Waals surface area contributed by atoms with Crippen molar-refractivity contribution in [3.8, 4) is 22.9 Å². The fourth-order valence-electron chi connectivity index (χ4n) is 1.94. The Bertz CT molecular complexity index is 877. The first-order valence-corrected chi connectivity index (χ1v) is 6.60. The summed E-state index contributed by atoms with van der Waals surface area (Å²) in [7, 11) is 0. The molecule has 0 amide bonds. The van der Waals surface area contributed by atoms with Gasteiger partial charge in [0, 0.05) is 0 Å². The van der Waals surface area contributed by atoms with E-state index < -0.39 is 5.97 Å². The second-order valence-corrected chi connectivity index (χ2v) is 4.62. The van der Waals surface area contributed by atoms with Crippen molar-refractivity contribution in [1.29, 1.82) is 5.26 Å². The van der Waals surface area contributed by atoms with Crippen LogP contribution in [0.3, 0.4) is 0 Å². The third kappa shape index (κ3) is 3.16. The minimum absolute atomic E-state index is 0.195. The first-order valence-electron chi connectivity index (χ1n) is 6.60. The van der Waals surface area contributed by atoms with Crippen LogP contribution in [-0.4, -0.2) is 26.2 Å². The van der Waals surface area contributed by atoms with Crippen LogP contribution < -0.4 is 4.84 Å². The van der Waals surface area contributed by atoms with Gasteiger partial charge in [-0.3, -0.25) is 0 Å². The SMILES string of the molecule is N#Cc1ccc(-c2ccc(On3cc(C(=O)O)nn3)cc2)cc1. The van der Waals surface area contributed by atoms with Crippen LogP contribution in [0.25, 0.3) is 11.1 Å². The molecule has 0 saturated carbocycles. The maximum absolute atomic E-state index is 10.7. The normalized spacial score (nSPS) is 10.0. The number of aromatic nitrogens is 3. The molecule has 0 bridgehead atoms. The highest BCUT2D eigenvalue weighted by atomic mass is 16.7. The molecule has 0 saturated heterocycles. The van der Waals surface area contributed by atoms with Crippen LogP contribution in [0.2, 0.25) is 0 Å². The van der Waals surface area contributed by atoms with Gasteiger partial charge in [-0.15, -0.1) is 5.10 Å². The second kappa shape index (κ2) is 5.99. The molecule has 0 aliphatic carbocycles. The first-order chi connectivity index (χ1) is 11.2. The monoisotopic (exact) mass is 306 g/mol. The van der Waals surface area contributed by atoms with Crippen molar-refractivity contribution in [3.63, 3.8) is 0 Å². The summed E-state index contributed by atoms with van der Waals surface area (Å²) in [5.41, 5.74) is 2.35. The average molecular weight is 306 g/mol. The Morgan fingerprint density at radius 2 is 1.70 bits per heavy atom. The molecule has 112 valence electrons. The number of carbonyl (C=O) groups is 1. The molecule has 0 fully saturated rings. The van der Waals surface area contributed by atoms with Gasteiger partial charge in [0.2, 0.25) is 0 Å². The van der Waals surface area contributed by atoms with Gasteiger partial charge in [-0.05, 0) is 40.6 Å². The standard InChI is InChI=1S/C16H10N4O3/c17-9-11-1-3-12(4-2-11)13-5-7-14(8-6-13)23-20-10-15(16(21)22)18-19-20/h1-8,10H,(H,21,22). The number of nitriles is 1. The first kappa shape index (κ1) is 14.3. The van der Waals surface area contributed by atoms with Crippen LogP contribution in [0.4, 0.5) is 0 Å². The van der Waals surface area contributed by atoms with Crippen LogP contribution in [0.15, 0.2) is 54.7 Å². The van der Waals surface area contributed by atoms with E-state index in [2.05, 4.69) is 16.4 Å². The Balaban J connectivity index is 1.75. The zero-order chi connectivity index (χ0) is 16.2. The molecule has 0 unspecified atom stereocenters. The lowest BCUT2D eigenvalue weighted by Gasteiger charge is -2.05. The van der Waals surface area contributed by atoms with Crippen LogP contribution in [0.5, 0.6) is 5.75 Å². The summed E-state index contributed by atoms with van der Waals surface area (Å²) in [6.07, 6.45) is 1.18. The van der Waals surface area contributed by atoms with E-state index in [-0.39, 0.29) is 5.69 Å². The Morgan fingerprint density at radius 3 is 2.22 bits per heavy atom. The molecule has 1 aromatic heterocycles. The number of nitrogens with zero attached hydrogens (tertiary/aromatic N) is 4. The molecule has 7 nitrogen and oxygen atoms in total. The third-order valence-electron chi connectivity index (χ3n) is 3.09. The smallest absolute Gasteiger partial charge is 0.358 e. The lowest BCUT2D eigenvalue weighted by atomic mass is 10.0. The van der Waals surface area contributed by atoms with Gasteiger partial charge in [0.25, 0.3) is 0 Å². The van der Waals surface area contributed by atoms with E-state index in [9.17, 15) is 4.79 Å². The van der Waals surface area contributed by atoms with Gasteiger partial charge in [-0.2, -0.15) is 5.26 Å². The minimum atomic E-state index is -1.17. The predicted molar refractivity (Wildman–Crippen MR) is 79.6 cm³/mol. The van der Waals surface area contributed by atoms with Crippen molar-refractivity contribution >= 4 is 5.97 Å². The molecular formula is C16H10N4O3. The van der Waals surface area contributed by atoms with Gasteiger partial charge < -0.3 is 9.94 Å². The lowest BCUT2D eigenvalue weighted by Crippen LogP contribution is -2.05. The van der Waals surface area contributed by atoms with E-state index in [1.54, 1.807) is 24.3 Å². The molecule has 23 heavy (non-hydrogen) atoms. The van der Waals surface area contributed by atoms with E-state index in [4.69, 9.17) is 15.2 Å². The third-order valence-corrected chi connectivity index (χ3v) is 3.09. The van der Waals surface area contributed by atoms with E-state index in [1.807, 2.05) is 24.3 Å². The van der Waals surface area contributed by atoms with Gasteiger partial charge >= 0.3 is 5.97 Å². The number of hydrogen-bond donors (Lipinski definition) is 1. The number of benzene rings is 2.